The average Bonchev–Trinajstić information content (AvgIpc) is 3.42. The molecule has 3 heterocycles. The quantitative estimate of drug-likeness (QED) is 0.395. The lowest BCUT2D eigenvalue weighted by atomic mass is 10.1. The Bertz CT molecular complexity index is 1340. The van der Waals surface area contributed by atoms with Gasteiger partial charge in [-0.3, -0.25) is 4.79 Å². The lowest BCUT2D eigenvalue weighted by molar-refractivity contribution is 0.100. The van der Waals surface area contributed by atoms with Gasteiger partial charge in [-0.2, -0.15) is 10.2 Å². The molecule has 0 aliphatic rings. The van der Waals surface area contributed by atoms with Gasteiger partial charge in [-0.15, -0.1) is 10.2 Å². The van der Waals surface area contributed by atoms with Gasteiger partial charge in [0.05, 0.1) is 23.5 Å². The molecule has 5 aromatic rings. The largest absolute Gasteiger partial charge is 0.413 e. The second kappa shape index (κ2) is 7.53. The minimum atomic E-state index is -0.332. The monoisotopic (exact) mass is 415 g/mol. The Hall–Kier alpha value is -3.84. The molecule has 146 valence electrons. The van der Waals surface area contributed by atoms with Crippen molar-refractivity contribution in [3.8, 4) is 11.5 Å². The molecular formula is C22H14ClN5O2. The molecule has 30 heavy (non-hydrogen) atoms. The highest BCUT2D eigenvalue weighted by Crippen LogP contribution is 2.26. The lowest BCUT2D eigenvalue weighted by Crippen LogP contribution is -2.02. The summed E-state index contributed by atoms with van der Waals surface area (Å²) in [6, 6.07) is 17.0. The zero-order valence-electron chi connectivity index (χ0n) is 15.6. The third-order valence-electron chi connectivity index (χ3n) is 4.75. The number of nitrogens with zero attached hydrogens (tertiary/aromatic N) is 5. The standard InChI is InChI=1S/C22H14ClN5O2/c23-16-7-5-14(6-8-16)12-28-13-18(17-3-1-2-4-19(17)28)20(29)22-27-26-21(30-22)15-9-10-24-25-11-15/h1-11,13H,12H2. The molecule has 0 saturated heterocycles. The normalized spacial score (nSPS) is 11.1. The number of benzene rings is 2. The van der Waals surface area contributed by atoms with Crippen molar-refractivity contribution in [3.63, 3.8) is 0 Å². The number of para-hydroxylation sites is 1. The van der Waals surface area contributed by atoms with E-state index in [9.17, 15) is 4.79 Å². The maximum atomic E-state index is 13.2. The molecule has 0 unspecified atom stereocenters. The van der Waals surface area contributed by atoms with Crippen molar-refractivity contribution in [2.24, 2.45) is 0 Å². The van der Waals surface area contributed by atoms with Gasteiger partial charge in [0.15, 0.2) is 0 Å². The van der Waals surface area contributed by atoms with Crippen molar-refractivity contribution >= 4 is 28.3 Å². The minimum absolute atomic E-state index is 0.0730. The maximum Gasteiger partial charge on any atom is 0.289 e. The molecule has 3 aromatic heterocycles. The zero-order chi connectivity index (χ0) is 20.5. The van der Waals surface area contributed by atoms with Crippen molar-refractivity contribution < 1.29 is 9.21 Å². The Balaban J connectivity index is 1.52. The fourth-order valence-electron chi connectivity index (χ4n) is 3.31. The van der Waals surface area contributed by atoms with E-state index in [4.69, 9.17) is 16.0 Å². The summed E-state index contributed by atoms with van der Waals surface area (Å²) in [6.45, 7) is 0.600. The van der Waals surface area contributed by atoms with E-state index in [1.54, 1.807) is 6.07 Å². The number of rotatable bonds is 5. The van der Waals surface area contributed by atoms with Crippen LogP contribution < -0.4 is 0 Å². The van der Waals surface area contributed by atoms with E-state index in [1.807, 2.05) is 59.3 Å². The molecule has 0 N–H and O–H groups in total. The number of carbonyl (C=O) groups excluding carboxylic acids is 1. The van der Waals surface area contributed by atoms with Crippen molar-refractivity contribution in [2.75, 3.05) is 0 Å². The topological polar surface area (TPSA) is 86.7 Å². The van der Waals surface area contributed by atoms with E-state index >= 15 is 0 Å². The SMILES string of the molecule is O=C(c1nnc(-c2ccnnc2)o1)c1cn(Cc2ccc(Cl)cc2)c2ccccc12. The Morgan fingerprint density at radius 2 is 1.83 bits per heavy atom. The zero-order valence-corrected chi connectivity index (χ0v) is 16.3. The van der Waals surface area contributed by atoms with Gasteiger partial charge < -0.3 is 8.98 Å². The Kier molecular flexibility index (Phi) is 4.57. The third kappa shape index (κ3) is 3.35. The number of carbonyl (C=O) groups is 1. The number of fused-ring (bicyclic) bond motifs is 1. The van der Waals surface area contributed by atoms with E-state index in [0.717, 1.165) is 16.5 Å². The molecule has 0 spiro atoms. The molecule has 0 fully saturated rings. The second-order valence-corrected chi connectivity index (χ2v) is 7.12. The molecular weight excluding hydrogens is 402 g/mol. The van der Waals surface area contributed by atoms with Crippen LogP contribution >= 0.6 is 11.6 Å². The number of hydrogen-bond acceptors (Lipinski definition) is 6. The van der Waals surface area contributed by atoms with Gasteiger partial charge in [0.1, 0.15) is 0 Å². The molecule has 2 aromatic carbocycles. The lowest BCUT2D eigenvalue weighted by Gasteiger charge is -2.05. The fraction of sp³-hybridized carbons (Fsp3) is 0.0455. The first-order valence-electron chi connectivity index (χ1n) is 9.16. The summed E-state index contributed by atoms with van der Waals surface area (Å²) in [4.78, 5) is 13.2. The van der Waals surface area contributed by atoms with Crippen LogP contribution in [0.25, 0.3) is 22.4 Å². The minimum Gasteiger partial charge on any atom is -0.413 e. The predicted octanol–water partition coefficient (Wildman–Crippen LogP) is 4.41. The Morgan fingerprint density at radius 3 is 2.63 bits per heavy atom. The molecule has 7 nitrogen and oxygen atoms in total. The van der Waals surface area contributed by atoms with Crippen molar-refractivity contribution in [2.45, 2.75) is 6.54 Å². The van der Waals surface area contributed by atoms with E-state index in [2.05, 4.69) is 20.4 Å². The van der Waals surface area contributed by atoms with Crippen LogP contribution in [0.1, 0.15) is 21.8 Å². The first-order chi connectivity index (χ1) is 14.7. The summed E-state index contributed by atoms with van der Waals surface area (Å²) in [5.74, 6) is -0.184. The summed E-state index contributed by atoms with van der Waals surface area (Å²) >= 11 is 5.99. The van der Waals surface area contributed by atoms with E-state index < -0.39 is 0 Å². The maximum absolute atomic E-state index is 13.2. The molecule has 0 aliphatic heterocycles. The van der Waals surface area contributed by atoms with Gasteiger partial charge in [-0.25, -0.2) is 0 Å². The smallest absolute Gasteiger partial charge is 0.289 e. The van der Waals surface area contributed by atoms with E-state index in [-0.39, 0.29) is 17.6 Å². The van der Waals surface area contributed by atoms with Crippen LogP contribution in [0.15, 0.2) is 77.6 Å². The Morgan fingerprint density at radius 1 is 1.00 bits per heavy atom. The highest BCUT2D eigenvalue weighted by molar-refractivity contribution is 6.30. The van der Waals surface area contributed by atoms with Crippen LogP contribution in [0.5, 0.6) is 0 Å². The van der Waals surface area contributed by atoms with E-state index in [0.29, 0.717) is 22.7 Å². The summed E-state index contributed by atoms with van der Waals surface area (Å²) in [5.41, 5.74) is 3.11. The molecule has 0 radical (unpaired) electrons. The van der Waals surface area contributed by atoms with E-state index in [1.165, 1.54) is 12.4 Å². The number of halogens is 1. The van der Waals surface area contributed by atoms with Gasteiger partial charge in [0.25, 0.3) is 11.7 Å². The number of ketones is 1. The molecule has 0 atom stereocenters. The predicted molar refractivity (Wildman–Crippen MR) is 111 cm³/mol. The van der Waals surface area contributed by atoms with Crippen molar-refractivity contribution in [1.82, 2.24) is 25.0 Å². The van der Waals surface area contributed by atoms with Gasteiger partial charge >= 0.3 is 0 Å². The number of aromatic nitrogens is 5. The number of hydrogen-bond donors (Lipinski definition) is 0. The summed E-state index contributed by atoms with van der Waals surface area (Å²) in [5, 5.41) is 16.9. The van der Waals surface area contributed by atoms with Crippen molar-refractivity contribution in [3.05, 3.63) is 95.2 Å². The van der Waals surface area contributed by atoms with Crippen LogP contribution in [0.4, 0.5) is 0 Å². The molecule has 8 heteroatoms. The van der Waals surface area contributed by atoms with Crippen LogP contribution in [-0.4, -0.2) is 30.7 Å². The van der Waals surface area contributed by atoms with Crippen LogP contribution in [0, 0.1) is 0 Å². The van der Waals surface area contributed by atoms with Gasteiger partial charge in [0, 0.05) is 28.7 Å². The average molecular weight is 416 g/mol. The Labute approximate surface area is 176 Å². The first kappa shape index (κ1) is 18.2. The third-order valence-corrected chi connectivity index (χ3v) is 5.00. The summed E-state index contributed by atoms with van der Waals surface area (Å²) in [6.07, 6.45) is 4.84. The molecule has 0 amide bonds. The molecule has 0 aliphatic carbocycles. The molecule has 0 bridgehead atoms. The first-order valence-corrected chi connectivity index (χ1v) is 9.54. The van der Waals surface area contributed by atoms with Crippen LogP contribution in [0.3, 0.4) is 0 Å². The molecule has 0 saturated carbocycles. The summed E-state index contributed by atoms with van der Waals surface area (Å²) < 4.78 is 7.64. The van der Waals surface area contributed by atoms with Crippen LogP contribution in [-0.2, 0) is 6.54 Å². The fourth-order valence-corrected chi connectivity index (χ4v) is 3.44. The van der Waals surface area contributed by atoms with Crippen LogP contribution in [0.2, 0.25) is 5.02 Å². The van der Waals surface area contributed by atoms with Gasteiger partial charge in [-0.05, 0) is 29.8 Å². The van der Waals surface area contributed by atoms with Crippen molar-refractivity contribution in [1.29, 1.82) is 0 Å². The second-order valence-electron chi connectivity index (χ2n) is 6.69. The highest BCUT2D eigenvalue weighted by Gasteiger charge is 2.22. The summed E-state index contributed by atoms with van der Waals surface area (Å²) in [7, 11) is 0. The van der Waals surface area contributed by atoms with Gasteiger partial charge in [-0.1, -0.05) is 41.9 Å². The van der Waals surface area contributed by atoms with Gasteiger partial charge in [0.2, 0.25) is 5.89 Å². The highest BCUT2D eigenvalue weighted by atomic mass is 35.5. The molecule has 5 rings (SSSR count).